The zero-order valence-corrected chi connectivity index (χ0v) is 33.6. The quantitative estimate of drug-likeness (QED) is 0.154. The molecule has 0 N–H and O–H groups in total. The van der Waals surface area contributed by atoms with Crippen LogP contribution in [0.25, 0.3) is 111 Å². The van der Waals surface area contributed by atoms with E-state index in [1.165, 1.54) is 16.3 Å². The Balaban J connectivity index is 1.10. The van der Waals surface area contributed by atoms with Gasteiger partial charge in [-0.25, -0.2) is 4.98 Å². The number of unbranched alkanes of at least 4 members (excludes halogenated alkanes) is 1. The number of benzene rings is 8. The van der Waals surface area contributed by atoms with Crippen LogP contribution in [0.15, 0.2) is 186 Å². The summed E-state index contributed by atoms with van der Waals surface area (Å²) in [7, 11) is 0. The van der Waals surface area contributed by atoms with Crippen LogP contribution in [-0.4, -0.2) is 24.1 Å². The number of furan rings is 1. The first kappa shape index (κ1) is 35.1. The zero-order valence-electron chi connectivity index (χ0n) is 33.6. The van der Waals surface area contributed by atoms with E-state index in [4.69, 9.17) is 19.4 Å². The smallest absolute Gasteiger partial charge is 0.238 e. The first-order valence-corrected chi connectivity index (χ1v) is 21.1. The normalized spacial score (nSPS) is 11.9. The molecule has 4 aromatic heterocycles. The maximum absolute atomic E-state index is 6.59. The highest BCUT2D eigenvalue weighted by molar-refractivity contribution is 6.19. The van der Waals surface area contributed by atoms with E-state index in [0.717, 1.165) is 102 Å². The highest BCUT2D eigenvalue weighted by Crippen LogP contribution is 2.42. The molecule has 12 aromatic rings. The van der Waals surface area contributed by atoms with E-state index in [1.54, 1.807) is 0 Å². The Morgan fingerprint density at radius 1 is 0.459 bits per heavy atom. The lowest BCUT2D eigenvalue weighted by atomic mass is 9.94. The van der Waals surface area contributed by atoms with Crippen LogP contribution in [0.3, 0.4) is 0 Å². The molecule has 61 heavy (non-hydrogen) atoms. The fourth-order valence-corrected chi connectivity index (χ4v) is 9.32. The second-order valence-electron chi connectivity index (χ2n) is 15.8. The minimum atomic E-state index is 0.561. The van der Waals surface area contributed by atoms with Crippen LogP contribution in [0.1, 0.15) is 25.3 Å². The first-order chi connectivity index (χ1) is 30.2. The Morgan fingerprint density at radius 3 is 1.82 bits per heavy atom. The number of hydrogen-bond donors (Lipinski definition) is 0. The Labute approximate surface area is 352 Å². The molecule has 0 saturated carbocycles. The van der Waals surface area contributed by atoms with Gasteiger partial charge in [-0.05, 0) is 78.1 Å². The predicted octanol–water partition coefficient (Wildman–Crippen LogP) is 14.3. The predicted molar refractivity (Wildman–Crippen MR) is 251 cm³/mol. The van der Waals surface area contributed by atoms with Crippen molar-refractivity contribution in [1.29, 1.82) is 0 Å². The minimum absolute atomic E-state index is 0.561. The number of hydrogen-bond acceptors (Lipinski definition) is 4. The SMILES string of the molecule is CCCCc1ccc(-c2cccc(-c3nc(-c4ccccc4)nc(-n4c5ccccc5c5cc6c7ccccc7n(-c7ccccc7)c6cc54)n3)c2)c2c1oc1ccccc12. The van der Waals surface area contributed by atoms with Gasteiger partial charge in [0.1, 0.15) is 11.2 Å². The number of aryl methyl sites for hydroxylation is 1. The number of fused-ring (bicyclic) bond motifs is 9. The Kier molecular flexibility index (Phi) is 8.17. The fourth-order valence-electron chi connectivity index (χ4n) is 9.32. The summed E-state index contributed by atoms with van der Waals surface area (Å²) in [5, 5.41) is 6.96. The summed E-state index contributed by atoms with van der Waals surface area (Å²) in [6, 6.07) is 64.2. The van der Waals surface area contributed by atoms with Crippen molar-refractivity contribution < 1.29 is 4.42 Å². The zero-order chi connectivity index (χ0) is 40.4. The van der Waals surface area contributed by atoms with Gasteiger partial charge < -0.3 is 8.98 Å². The second kappa shape index (κ2) is 14.2. The molecule has 290 valence electrons. The third-order valence-corrected chi connectivity index (χ3v) is 12.2. The topological polar surface area (TPSA) is 61.7 Å². The third-order valence-electron chi connectivity index (χ3n) is 12.2. The molecule has 6 heteroatoms. The largest absolute Gasteiger partial charge is 0.456 e. The standard InChI is InChI=1S/C55H39N5O/c1-2-3-17-35-30-31-40(51-43-26-12-15-29-50(43)61-52(35)51)37-20-16-21-38(32-37)54-56-53(36-18-6-4-7-19-36)57-55(58-54)60-47-28-14-11-25-42(47)45-33-44-41-24-10-13-27-46(41)59(48(44)34-49(45)60)39-22-8-5-9-23-39/h4-16,18-34H,2-3,17H2,1H3. The summed E-state index contributed by atoms with van der Waals surface area (Å²) in [5.74, 6) is 1.77. The molecule has 0 radical (unpaired) electrons. The van der Waals surface area contributed by atoms with Crippen molar-refractivity contribution in [2.75, 3.05) is 0 Å². The van der Waals surface area contributed by atoms with E-state index in [2.05, 4.69) is 174 Å². The van der Waals surface area contributed by atoms with E-state index in [9.17, 15) is 0 Å². The summed E-state index contributed by atoms with van der Waals surface area (Å²) in [5.41, 5.74) is 12.6. The minimum Gasteiger partial charge on any atom is -0.456 e. The monoisotopic (exact) mass is 785 g/mol. The summed E-state index contributed by atoms with van der Waals surface area (Å²) in [4.78, 5) is 15.9. The highest BCUT2D eigenvalue weighted by atomic mass is 16.3. The maximum atomic E-state index is 6.59. The highest BCUT2D eigenvalue weighted by Gasteiger charge is 2.22. The molecule has 0 atom stereocenters. The molecule has 0 aliphatic rings. The van der Waals surface area contributed by atoms with Gasteiger partial charge in [0, 0.05) is 49.1 Å². The van der Waals surface area contributed by atoms with Gasteiger partial charge in [0.25, 0.3) is 0 Å². The van der Waals surface area contributed by atoms with Gasteiger partial charge in [-0.3, -0.25) is 4.57 Å². The summed E-state index contributed by atoms with van der Waals surface area (Å²) < 4.78 is 11.2. The van der Waals surface area contributed by atoms with Crippen LogP contribution in [0.4, 0.5) is 0 Å². The Morgan fingerprint density at radius 2 is 1.07 bits per heavy atom. The molecule has 0 fully saturated rings. The van der Waals surface area contributed by atoms with Crippen molar-refractivity contribution in [2.24, 2.45) is 0 Å². The van der Waals surface area contributed by atoms with Crippen LogP contribution >= 0.6 is 0 Å². The van der Waals surface area contributed by atoms with Crippen molar-refractivity contribution in [2.45, 2.75) is 26.2 Å². The van der Waals surface area contributed by atoms with Crippen molar-refractivity contribution in [1.82, 2.24) is 24.1 Å². The van der Waals surface area contributed by atoms with Crippen LogP contribution in [0.5, 0.6) is 0 Å². The van der Waals surface area contributed by atoms with Crippen LogP contribution in [-0.2, 0) is 6.42 Å². The van der Waals surface area contributed by atoms with Gasteiger partial charge in [0.2, 0.25) is 5.95 Å². The van der Waals surface area contributed by atoms with Crippen molar-refractivity contribution >= 4 is 65.6 Å². The molecule has 0 amide bonds. The molecule has 4 heterocycles. The van der Waals surface area contributed by atoms with Crippen LogP contribution < -0.4 is 0 Å². The Hall–Kier alpha value is -7.83. The average molecular weight is 786 g/mol. The van der Waals surface area contributed by atoms with E-state index >= 15 is 0 Å². The van der Waals surface area contributed by atoms with Gasteiger partial charge in [-0.2, -0.15) is 9.97 Å². The van der Waals surface area contributed by atoms with Crippen molar-refractivity contribution in [3.05, 3.63) is 188 Å². The van der Waals surface area contributed by atoms with Gasteiger partial charge in [-0.1, -0.05) is 147 Å². The first-order valence-electron chi connectivity index (χ1n) is 21.1. The fraction of sp³-hybridized carbons (Fsp3) is 0.0727. The lowest BCUT2D eigenvalue weighted by Crippen LogP contribution is -2.06. The number of nitrogens with zero attached hydrogens (tertiary/aromatic N) is 5. The van der Waals surface area contributed by atoms with Crippen molar-refractivity contribution in [3.63, 3.8) is 0 Å². The third kappa shape index (κ3) is 5.67. The molecule has 8 aromatic carbocycles. The van der Waals surface area contributed by atoms with Gasteiger partial charge in [0.05, 0.1) is 22.1 Å². The lowest BCUT2D eigenvalue weighted by molar-refractivity contribution is 0.658. The molecule has 0 spiro atoms. The molecule has 0 aliphatic carbocycles. The van der Waals surface area contributed by atoms with E-state index in [1.807, 2.05) is 24.3 Å². The Bertz CT molecular complexity index is 3630. The number of aromatic nitrogens is 5. The molecule has 0 unspecified atom stereocenters. The molecule has 0 bridgehead atoms. The number of para-hydroxylation sites is 4. The maximum Gasteiger partial charge on any atom is 0.238 e. The molecule has 6 nitrogen and oxygen atoms in total. The summed E-state index contributed by atoms with van der Waals surface area (Å²) >= 11 is 0. The van der Waals surface area contributed by atoms with E-state index < -0.39 is 0 Å². The van der Waals surface area contributed by atoms with E-state index in [-0.39, 0.29) is 0 Å². The molecule has 0 aliphatic heterocycles. The molecule has 12 rings (SSSR count). The number of rotatable bonds is 8. The second-order valence-corrected chi connectivity index (χ2v) is 15.8. The molecular formula is C55H39N5O. The molecule has 0 saturated heterocycles. The van der Waals surface area contributed by atoms with Crippen molar-refractivity contribution in [3.8, 4) is 45.5 Å². The molecular weight excluding hydrogens is 747 g/mol. The van der Waals surface area contributed by atoms with Crippen LogP contribution in [0.2, 0.25) is 0 Å². The van der Waals surface area contributed by atoms with E-state index in [0.29, 0.717) is 17.6 Å². The van der Waals surface area contributed by atoms with Gasteiger partial charge in [-0.15, -0.1) is 0 Å². The lowest BCUT2D eigenvalue weighted by Gasteiger charge is -2.12. The summed E-state index contributed by atoms with van der Waals surface area (Å²) in [6.45, 7) is 2.23. The van der Waals surface area contributed by atoms with Gasteiger partial charge >= 0.3 is 0 Å². The summed E-state index contributed by atoms with van der Waals surface area (Å²) in [6.07, 6.45) is 3.22. The van der Waals surface area contributed by atoms with Crippen LogP contribution in [0, 0.1) is 0 Å². The van der Waals surface area contributed by atoms with Gasteiger partial charge in [0.15, 0.2) is 11.6 Å². The average Bonchev–Trinajstić information content (AvgIpc) is 3.98.